The molecule has 7 nitrogen and oxygen atoms in total. The third kappa shape index (κ3) is 5.44. The smallest absolute Gasteiger partial charge is 0.267 e. The van der Waals surface area contributed by atoms with Crippen molar-refractivity contribution >= 4 is 29.0 Å². The molecule has 160 valence electrons. The molecular weight excluding hydrogens is 414 g/mol. The summed E-state index contributed by atoms with van der Waals surface area (Å²) in [6, 6.07) is 20.7. The first-order valence-corrected chi connectivity index (χ1v) is 10.6. The van der Waals surface area contributed by atoms with E-state index in [0.717, 1.165) is 31.7 Å². The molecule has 0 atom stereocenters. The predicted molar refractivity (Wildman–Crippen MR) is 123 cm³/mol. The minimum atomic E-state index is -0.298. The Hall–Kier alpha value is -3.32. The van der Waals surface area contributed by atoms with Crippen molar-refractivity contribution in [3.8, 4) is 0 Å². The van der Waals surface area contributed by atoms with Gasteiger partial charge in [0.05, 0.1) is 0 Å². The second-order valence-corrected chi connectivity index (χ2v) is 7.84. The van der Waals surface area contributed by atoms with Crippen molar-refractivity contribution in [2.75, 3.05) is 36.0 Å². The first-order chi connectivity index (χ1) is 15.1. The van der Waals surface area contributed by atoms with Crippen molar-refractivity contribution in [1.82, 2.24) is 15.1 Å². The van der Waals surface area contributed by atoms with E-state index in [9.17, 15) is 9.59 Å². The third-order valence-corrected chi connectivity index (χ3v) is 5.53. The summed E-state index contributed by atoms with van der Waals surface area (Å²) in [7, 11) is 0. The molecule has 1 N–H and O–H groups in total. The zero-order chi connectivity index (χ0) is 21.6. The normalized spacial score (nSPS) is 13.8. The number of rotatable bonds is 6. The van der Waals surface area contributed by atoms with Crippen molar-refractivity contribution in [3.63, 3.8) is 0 Å². The molecule has 1 aliphatic heterocycles. The van der Waals surface area contributed by atoms with Gasteiger partial charge in [-0.3, -0.25) is 9.59 Å². The van der Waals surface area contributed by atoms with Crippen LogP contribution in [-0.4, -0.2) is 41.9 Å². The summed E-state index contributed by atoms with van der Waals surface area (Å²) in [6.45, 7) is 3.57. The van der Waals surface area contributed by atoms with E-state index in [1.165, 1.54) is 16.4 Å². The number of amides is 1. The molecule has 1 amide bonds. The quantitative estimate of drug-likeness (QED) is 0.641. The van der Waals surface area contributed by atoms with Gasteiger partial charge in [0, 0.05) is 49.5 Å². The number of hydrogen-bond acceptors (Lipinski definition) is 5. The van der Waals surface area contributed by atoms with Gasteiger partial charge in [0.1, 0.15) is 12.4 Å². The highest BCUT2D eigenvalue weighted by Crippen LogP contribution is 2.18. The molecule has 1 fully saturated rings. The second-order valence-electron chi connectivity index (χ2n) is 7.40. The Balaban J connectivity index is 1.35. The van der Waals surface area contributed by atoms with Gasteiger partial charge in [-0.1, -0.05) is 41.9 Å². The number of anilines is 2. The summed E-state index contributed by atoms with van der Waals surface area (Å²) >= 11 is 5.88. The molecule has 8 heteroatoms. The Morgan fingerprint density at radius 1 is 0.903 bits per heavy atom. The first-order valence-electron chi connectivity index (χ1n) is 10.2. The lowest BCUT2D eigenvalue weighted by atomic mass is 10.2. The SMILES string of the molecule is O=C(Cn1nc(N2CCN(c3ccccc3)CC2)ccc1=O)NCc1ccc(Cl)cc1. The lowest BCUT2D eigenvalue weighted by Crippen LogP contribution is -2.47. The van der Waals surface area contributed by atoms with Gasteiger partial charge in [-0.15, -0.1) is 0 Å². The van der Waals surface area contributed by atoms with E-state index in [1.807, 2.05) is 30.3 Å². The van der Waals surface area contributed by atoms with Gasteiger partial charge in [-0.25, -0.2) is 4.68 Å². The Bertz CT molecular complexity index is 1080. The van der Waals surface area contributed by atoms with Gasteiger partial charge in [0.2, 0.25) is 5.91 Å². The van der Waals surface area contributed by atoms with Crippen molar-refractivity contribution < 1.29 is 4.79 Å². The van der Waals surface area contributed by atoms with E-state index in [1.54, 1.807) is 18.2 Å². The van der Waals surface area contributed by atoms with Crippen LogP contribution in [0.3, 0.4) is 0 Å². The van der Waals surface area contributed by atoms with Gasteiger partial charge in [-0.2, -0.15) is 5.10 Å². The second kappa shape index (κ2) is 9.66. The highest BCUT2D eigenvalue weighted by atomic mass is 35.5. The minimum Gasteiger partial charge on any atom is -0.368 e. The van der Waals surface area contributed by atoms with Crippen LogP contribution in [0.25, 0.3) is 0 Å². The minimum absolute atomic E-state index is 0.121. The number of nitrogens with one attached hydrogen (secondary N) is 1. The topological polar surface area (TPSA) is 70.5 Å². The molecular formula is C23H24ClN5O2. The number of piperazine rings is 1. The molecule has 3 aromatic rings. The van der Waals surface area contributed by atoms with Crippen LogP contribution >= 0.6 is 11.6 Å². The fraction of sp³-hybridized carbons (Fsp3) is 0.261. The summed E-state index contributed by atoms with van der Waals surface area (Å²) in [5.74, 6) is 0.438. The molecule has 0 radical (unpaired) electrons. The van der Waals surface area contributed by atoms with Crippen LogP contribution in [0, 0.1) is 0 Å². The Morgan fingerprint density at radius 2 is 1.58 bits per heavy atom. The average Bonchev–Trinajstić information content (AvgIpc) is 2.81. The molecule has 0 bridgehead atoms. The van der Waals surface area contributed by atoms with Gasteiger partial charge < -0.3 is 15.1 Å². The maximum atomic E-state index is 12.3. The van der Waals surface area contributed by atoms with Crippen LogP contribution < -0.4 is 20.7 Å². The summed E-state index contributed by atoms with van der Waals surface area (Å²) < 4.78 is 1.22. The Morgan fingerprint density at radius 3 is 2.29 bits per heavy atom. The molecule has 4 rings (SSSR count). The Labute approximate surface area is 185 Å². The van der Waals surface area contributed by atoms with E-state index in [4.69, 9.17) is 11.6 Å². The third-order valence-electron chi connectivity index (χ3n) is 5.27. The number of carbonyl (C=O) groups excluding carboxylic acids is 1. The maximum absolute atomic E-state index is 12.3. The number of carbonyl (C=O) groups is 1. The Kier molecular flexibility index (Phi) is 6.52. The summed E-state index contributed by atoms with van der Waals surface area (Å²) in [6.07, 6.45) is 0. The van der Waals surface area contributed by atoms with Crippen molar-refractivity contribution in [2.24, 2.45) is 0 Å². The number of hydrogen-bond donors (Lipinski definition) is 1. The van der Waals surface area contributed by atoms with Gasteiger partial charge in [0.15, 0.2) is 0 Å². The molecule has 1 aliphatic rings. The highest BCUT2D eigenvalue weighted by molar-refractivity contribution is 6.30. The van der Waals surface area contributed by atoms with Gasteiger partial charge in [-0.05, 0) is 35.9 Å². The maximum Gasteiger partial charge on any atom is 0.267 e. The van der Waals surface area contributed by atoms with E-state index in [2.05, 4.69) is 32.3 Å². The molecule has 0 spiro atoms. The van der Waals surface area contributed by atoms with Crippen molar-refractivity contribution in [1.29, 1.82) is 0 Å². The monoisotopic (exact) mass is 437 g/mol. The van der Waals surface area contributed by atoms with Crippen LogP contribution in [-0.2, 0) is 17.9 Å². The van der Waals surface area contributed by atoms with E-state index >= 15 is 0 Å². The molecule has 2 heterocycles. The fourth-order valence-electron chi connectivity index (χ4n) is 3.55. The van der Waals surface area contributed by atoms with Crippen molar-refractivity contribution in [3.05, 3.63) is 87.7 Å². The summed E-state index contributed by atoms with van der Waals surface area (Å²) in [5.41, 5.74) is 1.84. The van der Waals surface area contributed by atoms with Crippen LogP contribution in [0.15, 0.2) is 71.5 Å². The zero-order valence-corrected chi connectivity index (χ0v) is 17.8. The number of halogens is 1. The van der Waals surface area contributed by atoms with Crippen LogP contribution in [0.5, 0.6) is 0 Å². The van der Waals surface area contributed by atoms with E-state index < -0.39 is 0 Å². The fourth-order valence-corrected chi connectivity index (χ4v) is 3.67. The molecule has 0 saturated carbocycles. The van der Waals surface area contributed by atoms with E-state index in [0.29, 0.717) is 17.4 Å². The number of benzene rings is 2. The summed E-state index contributed by atoms with van der Waals surface area (Å²) in [5, 5.41) is 7.89. The van der Waals surface area contributed by atoms with Gasteiger partial charge in [0.25, 0.3) is 5.56 Å². The molecule has 31 heavy (non-hydrogen) atoms. The van der Waals surface area contributed by atoms with Gasteiger partial charge >= 0.3 is 0 Å². The predicted octanol–water partition coefficient (Wildman–Crippen LogP) is 2.54. The summed E-state index contributed by atoms with van der Waals surface area (Å²) in [4.78, 5) is 29.0. The lowest BCUT2D eigenvalue weighted by Gasteiger charge is -2.36. The number of nitrogens with zero attached hydrogens (tertiary/aromatic N) is 4. The average molecular weight is 438 g/mol. The standard InChI is InChI=1S/C23H24ClN5O2/c24-19-8-6-18(7-9-19)16-25-22(30)17-29-23(31)11-10-21(26-29)28-14-12-27(13-15-28)20-4-2-1-3-5-20/h1-11H,12-17H2,(H,25,30). The highest BCUT2D eigenvalue weighted by Gasteiger charge is 2.19. The first kappa shape index (κ1) is 20.9. The molecule has 1 saturated heterocycles. The van der Waals surface area contributed by atoms with Crippen LogP contribution in [0.2, 0.25) is 5.02 Å². The number of para-hydroxylation sites is 1. The molecule has 1 aromatic heterocycles. The zero-order valence-electron chi connectivity index (χ0n) is 17.1. The molecule has 0 aliphatic carbocycles. The molecule has 2 aromatic carbocycles. The van der Waals surface area contributed by atoms with E-state index in [-0.39, 0.29) is 18.0 Å². The van der Waals surface area contributed by atoms with Crippen LogP contribution in [0.1, 0.15) is 5.56 Å². The lowest BCUT2D eigenvalue weighted by molar-refractivity contribution is -0.122. The largest absolute Gasteiger partial charge is 0.368 e. The van der Waals surface area contributed by atoms with Crippen molar-refractivity contribution in [2.45, 2.75) is 13.1 Å². The number of aromatic nitrogens is 2. The molecule has 0 unspecified atom stereocenters. The van der Waals surface area contributed by atoms with Crippen LogP contribution in [0.4, 0.5) is 11.5 Å².